The van der Waals surface area contributed by atoms with Gasteiger partial charge in [-0.2, -0.15) is 0 Å². The van der Waals surface area contributed by atoms with Crippen molar-refractivity contribution in [1.82, 2.24) is 0 Å². The van der Waals surface area contributed by atoms with Crippen molar-refractivity contribution in [3.8, 4) is 11.1 Å². The Balaban J connectivity index is 1.34. The predicted octanol–water partition coefficient (Wildman–Crippen LogP) is 8.86. The zero-order valence-electron chi connectivity index (χ0n) is 18.2. The summed E-state index contributed by atoms with van der Waals surface area (Å²) in [5.74, 6) is 1.87. The highest BCUT2D eigenvalue weighted by Crippen LogP contribution is 2.34. The van der Waals surface area contributed by atoms with Gasteiger partial charge in [0.1, 0.15) is 0 Å². The number of aryl methyl sites for hydroxylation is 1. The second kappa shape index (κ2) is 9.94. The fourth-order valence-corrected chi connectivity index (χ4v) is 4.97. The molecule has 30 heavy (non-hydrogen) atoms. The van der Waals surface area contributed by atoms with Crippen LogP contribution in [0.25, 0.3) is 28.0 Å². The van der Waals surface area contributed by atoms with Crippen molar-refractivity contribution in [1.29, 1.82) is 0 Å². The Morgan fingerprint density at radius 3 is 2.03 bits per heavy atom. The Bertz CT molecular complexity index is 984. The fourth-order valence-electron chi connectivity index (χ4n) is 4.97. The van der Waals surface area contributed by atoms with Gasteiger partial charge in [0.2, 0.25) is 0 Å². The number of hydrogen-bond acceptors (Lipinski definition) is 0. The molecule has 0 heterocycles. The van der Waals surface area contributed by atoms with Crippen LogP contribution in [0, 0.1) is 11.8 Å². The molecule has 0 nitrogen and oxygen atoms in total. The zero-order valence-corrected chi connectivity index (χ0v) is 18.2. The van der Waals surface area contributed by atoms with E-state index in [4.69, 9.17) is 0 Å². The standard InChI is InChI=1S/C30H34/c1-3-5-6-24-7-9-25(10-8-24)11-12-26-14-16-27(17-15-26)29-20-19-28-21-23(4-2)13-18-30(28)22-29/h3-4,13-22,24-25H,1-2,5-12H2. The van der Waals surface area contributed by atoms with Crippen LogP contribution in [0.15, 0.2) is 79.9 Å². The van der Waals surface area contributed by atoms with Crippen molar-refractivity contribution >= 4 is 16.8 Å². The quantitative estimate of drug-likeness (QED) is 0.335. The van der Waals surface area contributed by atoms with Gasteiger partial charge in [-0.1, -0.05) is 92.9 Å². The van der Waals surface area contributed by atoms with Crippen molar-refractivity contribution in [3.63, 3.8) is 0 Å². The van der Waals surface area contributed by atoms with Gasteiger partial charge in [0.25, 0.3) is 0 Å². The average Bonchev–Trinajstić information content (AvgIpc) is 2.81. The third kappa shape index (κ3) is 5.11. The minimum absolute atomic E-state index is 0.922. The summed E-state index contributed by atoms with van der Waals surface area (Å²) in [6.45, 7) is 7.73. The Labute approximate surface area is 182 Å². The van der Waals surface area contributed by atoms with E-state index in [1.165, 1.54) is 84.4 Å². The Morgan fingerprint density at radius 1 is 0.700 bits per heavy atom. The van der Waals surface area contributed by atoms with E-state index in [9.17, 15) is 0 Å². The molecule has 0 radical (unpaired) electrons. The van der Waals surface area contributed by atoms with E-state index in [2.05, 4.69) is 79.9 Å². The predicted molar refractivity (Wildman–Crippen MR) is 133 cm³/mol. The van der Waals surface area contributed by atoms with E-state index in [1.54, 1.807) is 0 Å². The largest absolute Gasteiger partial charge is 0.103 e. The molecule has 1 saturated carbocycles. The highest BCUT2D eigenvalue weighted by atomic mass is 14.3. The topological polar surface area (TPSA) is 0 Å². The molecule has 0 atom stereocenters. The summed E-state index contributed by atoms with van der Waals surface area (Å²) in [4.78, 5) is 0. The summed E-state index contributed by atoms with van der Waals surface area (Å²) in [7, 11) is 0. The summed E-state index contributed by atoms with van der Waals surface area (Å²) < 4.78 is 0. The Morgan fingerprint density at radius 2 is 1.33 bits per heavy atom. The van der Waals surface area contributed by atoms with Gasteiger partial charge in [0.15, 0.2) is 0 Å². The SMILES string of the molecule is C=CCCC1CCC(CCc2ccc(-c3ccc4cc(C=C)ccc4c3)cc2)CC1. The number of rotatable bonds is 8. The van der Waals surface area contributed by atoms with Crippen LogP contribution in [-0.2, 0) is 6.42 Å². The highest BCUT2D eigenvalue weighted by Gasteiger charge is 2.20. The molecule has 3 aromatic rings. The van der Waals surface area contributed by atoms with E-state index in [1.807, 2.05) is 6.08 Å². The first-order chi connectivity index (χ1) is 14.7. The van der Waals surface area contributed by atoms with Crippen molar-refractivity contribution < 1.29 is 0 Å². The first-order valence-corrected chi connectivity index (χ1v) is 11.6. The van der Waals surface area contributed by atoms with Crippen LogP contribution in [-0.4, -0.2) is 0 Å². The molecule has 0 amide bonds. The molecule has 0 spiro atoms. The van der Waals surface area contributed by atoms with Gasteiger partial charge in [0.05, 0.1) is 0 Å². The molecule has 0 N–H and O–H groups in total. The molecule has 0 aromatic heterocycles. The van der Waals surface area contributed by atoms with E-state index in [0.717, 1.165) is 11.8 Å². The van der Waals surface area contributed by atoms with Crippen molar-refractivity contribution in [3.05, 3.63) is 91.0 Å². The lowest BCUT2D eigenvalue weighted by Crippen LogP contribution is -2.15. The van der Waals surface area contributed by atoms with Crippen LogP contribution in [0.3, 0.4) is 0 Å². The highest BCUT2D eigenvalue weighted by molar-refractivity contribution is 5.88. The van der Waals surface area contributed by atoms with Crippen LogP contribution in [0.2, 0.25) is 0 Å². The minimum atomic E-state index is 0.922. The van der Waals surface area contributed by atoms with Gasteiger partial charge in [-0.25, -0.2) is 0 Å². The van der Waals surface area contributed by atoms with E-state index in [-0.39, 0.29) is 0 Å². The number of benzene rings is 3. The molecule has 0 bridgehead atoms. The smallest absolute Gasteiger partial charge is 0.0177 e. The third-order valence-electron chi connectivity index (χ3n) is 6.97. The van der Waals surface area contributed by atoms with Crippen LogP contribution in [0.5, 0.6) is 0 Å². The molecule has 0 aliphatic heterocycles. The minimum Gasteiger partial charge on any atom is -0.103 e. The fraction of sp³-hybridized carbons (Fsp3) is 0.333. The summed E-state index contributed by atoms with van der Waals surface area (Å²) >= 11 is 0. The lowest BCUT2D eigenvalue weighted by Gasteiger charge is -2.28. The maximum Gasteiger partial charge on any atom is -0.0177 e. The van der Waals surface area contributed by atoms with Crippen molar-refractivity contribution in [2.24, 2.45) is 11.8 Å². The molecule has 4 rings (SSSR count). The molecule has 1 fully saturated rings. The lowest BCUT2D eigenvalue weighted by molar-refractivity contribution is 0.254. The van der Waals surface area contributed by atoms with Crippen molar-refractivity contribution in [2.75, 3.05) is 0 Å². The van der Waals surface area contributed by atoms with Gasteiger partial charge < -0.3 is 0 Å². The summed E-state index contributed by atoms with van der Waals surface area (Å²) in [5, 5.41) is 2.55. The third-order valence-corrected chi connectivity index (χ3v) is 6.97. The van der Waals surface area contributed by atoms with Crippen LogP contribution in [0.4, 0.5) is 0 Å². The van der Waals surface area contributed by atoms with E-state index in [0.29, 0.717) is 0 Å². The zero-order chi connectivity index (χ0) is 20.8. The molecular weight excluding hydrogens is 360 g/mol. The molecule has 154 valence electrons. The number of hydrogen-bond donors (Lipinski definition) is 0. The van der Waals surface area contributed by atoms with Crippen LogP contribution >= 0.6 is 0 Å². The van der Waals surface area contributed by atoms with Crippen molar-refractivity contribution in [2.45, 2.75) is 51.4 Å². The average molecular weight is 395 g/mol. The lowest BCUT2D eigenvalue weighted by atomic mass is 9.78. The molecular formula is C30H34. The summed E-state index contributed by atoms with van der Waals surface area (Å²) in [6, 6.07) is 22.5. The molecule has 1 aliphatic carbocycles. The molecule has 0 unspecified atom stereocenters. The Kier molecular flexibility index (Phi) is 6.84. The normalized spacial score (nSPS) is 18.9. The number of allylic oxidation sites excluding steroid dienone is 1. The van der Waals surface area contributed by atoms with E-state index < -0.39 is 0 Å². The maximum atomic E-state index is 3.87. The Hall–Kier alpha value is -2.60. The molecule has 3 aromatic carbocycles. The first-order valence-electron chi connectivity index (χ1n) is 11.6. The summed E-state index contributed by atoms with van der Waals surface area (Å²) in [5.41, 5.74) is 5.24. The van der Waals surface area contributed by atoms with Gasteiger partial charge in [-0.3, -0.25) is 0 Å². The van der Waals surface area contributed by atoms with E-state index >= 15 is 0 Å². The van der Waals surface area contributed by atoms with Crippen LogP contribution in [0.1, 0.15) is 56.1 Å². The van der Waals surface area contributed by atoms with Gasteiger partial charge >= 0.3 is 0 Å². The summed E-state index contributed by atoms with van der Waals surface area (Å²) in [6.07, 6.45) is 14.8. The van der Waals surface area contributed by atoms with Crippen LogP contribution < -0.4 is 0 Å². The van der Waals surface area contributed by atoms with Gasteiger partial charge in [-0.15, -0.1) is 6.58 Å². The molecule has 0 heteroatoms. The molecule has 1 aliphatic rings. The molecule has 0 saturated heterocycles. The second-order valence-electron chi connectivity index (χ2n) is 9.01. The number of fused-ring (bicyclic) bond motifs is 1. The monoisotopic (exact) mass is 394 g/mol. The first kappa shape index (κ1) is 20.7. The second-order valence-corrected chi connectivity index (χ2v) is 9.01. The van der Waals surface area contributed by atoms with Gasteiger partial charge in [-0.05, 0) is 82.7 Å². The van der Waals surface area contributed by atoms with Gasteiger partial charge in [0, 0.05) is 0 Å². The maximum absolute atomic E-state index is 3.87.